The summed E-state index contributed by atoms with van der Waals surface area (Å²) in [5, 5.41) is 0. The molecule has 0 heterocycles. The second-order valence-corrected chi connectivity index (χ2v) is 3.89. The van der Waals surface area contributed by atoms with Crippen LogP contribution < -0.4 is 10.5 Å². The number of halogens is 1. The van der Waals surface area contributed by atoms with Gasteiger partial charge >= 0.3 is 0 Å². The molecule has 0 unspecified atom stereocenters. The van der Waals surface area contributed by atoms with Gasteiger partial charge in [-0.3, -0.25) is 0 Å². The largest absolute Gasteiger partial charge is 0.494 e. The van der Waals surface area contributed by atoms with E-state index in [2.05, 4.69) is 18.8 Å². The second-order valence-electron chi connectivity index (χ2n) is 3.89. The highest BCUT2D eigenvalue weighted by atomic mass is 127. The number of ether oxygens (including phenoxy) is 1. The van der Waals surface area contributed by atoms with Crippen molar-refractivity contribution in [1.82, 2.24) is 4.90 Å². The van der Waals surface area contributed by atoms with E-state index in [0.717, 1.165) is 24.4 Å². The van der Waals surface area contributed by atoms with Crippen LogP contribution in [0.2, 0.25) is 0 Å². The van der Waals surface area contributed by atoms with Gasteiger partial charge in [0.05, 0.1) is 13.2 Å². The molecule has 2 N–H and O–H groups in total. The van der Waals surface area contributed by atoms with Crippen molar-refractivity contribution in [3.8, 4) is 5.75 Å². The van der Waals surface area contributed by atoms with Gasteiger partial charge in [0.15, 0.2) is 5.96 Å². The second kappa shape index (κ2) is 9.89. The van der Waals surface area contributed by atoms with Crippen LogP contribution in [0.1, 0.15) is 26.3 Å². The summed E-state index contributed by atoms with van der Waals surface area (Å²) < 4.78 is 5.56. The standard InChI is InChI=1S/C14H23N3O.HI/c1-4-17(5-2)14(15)16-11-12-9-7-8-10-13(12)18-6-3;/h7-10H,4-6,11H2,1-3H3,(H2,15,16);1H. The van der Waals surface area contributed by atoms with Crippen LogP contribution in [0, 0.1) is 0 Å². The number of benzene rings is 1. The van der Waals surface area contributed by atoms with E-state index in [-0.39, 0.29) is 24.0 Å². The summed E-state index contributed by atoms with van der Waals surface area (Å²) in [4.78, 5) is 6.45. The maximum atomic E-state index is 5.95. The van der Waals surface area contributed by atoms with Crippen molar-refractivity contribution < 1.29 is 4.74 Å². The quantitative estimate of drug-likeness (QED) is 0.471. The predicted molar refractivity (Wildman–Crippen MR) is 91.3 cm³/mol. The Morgan fingerprint density at radius 1 is 1.21 bits per heavy atom. The number of guanidine groups is 1. The van der Waals surface area contributed by atoms with E-state index >= 15 is 0 Å². The van der Waals surface area contributed by atoms with Gasteiger partial charge in [0, 0.05) is 18.7 Å². The minimum Gasteiger partial charge on any atom is -0.494 e. The first-order valence-corrected chi connectivity index (χ1v) is 6.48. The minimum atomic E-state index is 0. The summed E-state index contributed by atoms with van der Waals surface area (Å²) in [5.41, 5.74) is 7.01. The molecule has 0 atom stereocenters. The molecule has 0 aromatic heterocycles. The zero-order valence-corrected chi connectivity index (χ0v) is 14.3. The Balaban J connectivity index is 0.00000324. The zero-order valence-electron chi connectivity index (χ0n) is 11.9. The number of hydrogen-bond donors (Lipinski definition) is 1. The zero-order chi connectivity index (χ0) is 13.4. The van der Waals surface area contributed by atoms with Gasteiger partial charge in [-0.25, -0.2) is 4.99 Å². The Morgan fingerprint density at radius 3 is 2.42 bits per heavy atom. The third kappa shape index (κ3) is 5.67. The van der Waals surface area contributed by atoms with Crippen molar-refractivity contribution in [3.05, 3.63) is 29.8 Å². The van der Waals surface area contributed by atoms with Crippen LogP contribution in [0.3, 0.4) is 0 Å². The summed E-state index contributed by atoms with van der Waals surface area (Å²) in [6.45, 7) is 9.08. The lowest BCUT2D eigenvalue weighted by Crippen LogP contribution is -2.37. The molecule has 4 nitrogen and oxygen atoms in total. The summed E-state index contributed by atoms with van der Waals surface area (Å²) >= 11 is 0. The van der Waals surface area contributed by atoms with E-state index < -0.39 is 0 Å². The third-order valence-electron chi connectivity index (χ3n) is 2.77. The van der Waals surface area contributed by atoms with Crippen LogP contribution in [0.5, 0.6) is 5.75 Å². The fraction of sp³-hybridized carbons (Fsp3) is 0.500. The van der Waals surface area contributed by atoms with E-state index in [1.807, 2.05) is 36.1 Å². The Kier molecular flexibility index (Phi) is 9.38. The van der Waals surface area contributed by atoms with Gasteiger partial charge in [-0.1, -0.05) is 18.2 Å². The normalized spacial score (nSPS) is 10.8. The molecular formula is C14H24IN3O. The van der Waals surface area contributed by atoms with Crippen molar-refractivity contribution in [3.63, 3.8) is 0 Å². The molecule has 0 radical (unpaired) electrons. The van der Waals surface area contributed by atoms with Crippen molar-refractivity contribution in [1.29, 1.82) is 0 Å². The number of rotatable bonds is 6. The van der Waals surface area contributed by atoms with Gasteiger partial charge < -0.3 is 15.4 Å². The van der Waals surface area contributed by atoms with Gasteiger partial charge in [0.1, 0.15) is 5.75 Å². The van der Waals surface area contributed by atoms with Crippen molar-refractivity contribution in [2.45, 2.75) is 27.3 Å². The van der Waals surface area contributed by atoms with Gasteiger partial charge in [-0.15, -0.1) is 24.0 Å². The van der Waals surface area contributed by atoms with Crippen LogP contribution in [0.25, 0.3) is 0 Å². The van der Waals surface area contributed by atoms with E-state index in [1.54, 1.807) is 0 Å². The lowest BCUT2D eigenvalue weighted by molar-refractivity contribution is 0.336. The van der Waals surface area contributed by atoms with E-state index in [4.69, 9.17) is 10.5 Å². The first kappa shape index (κ1) is 18.0. The number of aliphatic imine (C=N–C) groups is 1. The highest BCUT2D eigenvalue weighted by molar-refractivity contribution is 14.0. The minimum absolute atomic E-state index is 0. The Labute approximate surface area is 133 Å². The van der Waals surface area contributed by atoms with Gasteiger partial charge in [-0.2, -0.15) is 0 Å². The summed E-state index contributed by atoms with van der Waals surface area (Å²) in [6.07, 6.45) is 0. The molecule has 0 amide bonds. The van der Waals surface area contributed by atoms with Crippen LogP contribution in [0.15, 0.2) is 29.3 Å². The topological polar surface area (TPSA) is 50.9 Å². The molecule has 5 heteroatoms. The first-order chi connectivity index (χ1) is 8.72. The van der Waals surface area contributed by atoms with Crippen molar-refractivity contribution >= 4 is 29.9 Å². The Bertz CT molecular complexity index is 392. The SMILES string of the molecule is CCOc1ccccc1CN=C(N)N(CC)CC.I. The molecule has 0 fully saturated rings. The lowest BCUT2D eigenvalue weighted by Gasteiger charge is -2.19. The molecule has 0 spiro atoms. The molecule has 0 saturated heterocycles. The Hall–Kier alpha value is -0.980. The first-order valence-electron chi connectivity index (χ1n) is 6.48. The van der Waals surface area contributed by atoms with Crippen LogP contribution >= 0.6 is 24.0 Å². The summed E-state index contributed by atoms with van der Waals surface area (Å²) in [5.74, 6) is 1.47. The molecule has 1 aromatic carbocycles. The van der Waals surface area contributed by atoms with Gasteiger partial charge in [0.25, 0.3) is 0 Å². The number of para-hydroxylation sites is 1. The van der Waals surface area contributed by atoms with E-state index in [1.165, 1.54) is 0 Å². The van der Waals surface area contributed by atoms with E-state index in [0.29, 0.717) is 19.1 Å². The highest BCUT2D eigenvalue weighted by Crippen LogP contribution is 2.18. The maximum Gasteiger partial charge on any atom is 0.191 e. The molecule has 0 aliphatic carbocycles. The van der Waals surface area contributed by atoms with Crippen LogP contribution in [0.4, 0.5) is 0 Å². The fourth-order valence-corrected chi connectivity index (χ4v) is 1.74. The maximum absolute atomic E-state index is 5.95. The molecule has 1 aromatic rings. The third-order valence-corrected chi connectivity index (χ3v) is 2.77. The number of hydrogen-bond acceptors (Lipinski definition) is 2. The Morgan fingerprint density at radius 2 is 1.84 bits per heavy atom. The molecule has 0 aliphatic heterocycles. The van der Waals surface area contributed by atoms with Crippen molar-refractivity contribution in [2.75, 3.05) is 19.7 Å². The molecule has 0 aliphatic rings. The molecule has 108 valence electrons. The molecule has 0 saturated carbocycles. The van der Waals surface area contributed by atoms with Crippen LogP contribution in [-0.2, 0) is 6.54 Å². The average molecular weight is 377 g/mol. The molecule has 1 rings (SSSR count). The summed E-state index contributed by atoms with van der Waals surface area (Å²) in [7, 11) is 0. The number of nitrogens with two attached hydrogens (primary N) is 1. The average Bonchev–Trinajstić information content (AvgIpc) is 2.39. The van der Waals surface area contributed by atoms with Crippen molar-refractivity contribution in [2.24, 2.45) is 10.7 Å². The summed E-state index contributed by atoms with van der Waals surface area (Å²) in [6, 6.07) is 7.93. The fourth-order valence-electron chi connectivity index (χ4n) is 1.74. The van der Waals surface area contributed by atoms with Gasteiger partial charge in [-0.05, 0) is 26.8 Å². The molecule has 0 bridgehead atoms. The smallest absolute Gasteiger partial charge is 0.191 e. The lowest BCUT2D eigenvalue weighted by atomic mass is 10.2. The highest BCUT2D eigenvalue weighted by Gasteiger charge is 2.04. The van der Waals surface area contributed by atoms with Gasteiger partial charge in [0.2, 0.25) is 0 Å². The molecule has 19 heavy (non-hydrogen) atoms. The number of nitrogens with zero attached hydrogens (tertiary/aromatic N) is 2. The monoisotopic (exact) mass is 377 g/mol. The molecular weight excluding hydrogens is 353 g/mol. The van der Waals surface area contributed by atoms with E-state index in [9.17, 15) is 0 Å². The predicted octanol–water partition coefficient (Wildman–Crippen LogP) is 2.86. The van der Waals surface area contributed by atoms with Crippen LogP contribution in [-0.4, -0.2) is 30.6 Å².